The van der Waals surface area contributed by atoms with Gasteiger partial charge in [-0.2, -0.15) is 5.10 Å². The van der Waals surface area contributed by atoms with Crippen molar-refractivity contribution in [3.05, 3.63) is 41.3 Å². The van der Waals surface area contributed by atoms with Gasteiger partial charge in [0.15, 0.2) is 0 Å². The number of anilines is 1. The zero-order chi connectivity index (χ0) is 11.9. The molecule has 0 radical (unpaired) electrons. The molecule has 4 nitrogen and oxygen atoms in total. The normalized spacial score (nSPS) is 17.7. The minimum Gasteiger partial charge on any atom is -0.382 e. The molecule has 17 heavy (non-hydrogen) atoms. The van der Waals surface area contributed by atoms with E-state index in [1.165, 1.54) is 12.0 Å². The summed E-state index contributed by atoms with van der Waals surface area (Å²) >= 11 is 0. The molecule has 0 saturated heterocycles. The van der Waals surface area contributed by atoms with Crippen molar-refractivity contribution in [1.29, 1.82) is 0 Å². The van der Waals surface area contributed by atoms with Gasteiger partial charge < -0.3 is 5.73 Å². The molecule has 88 valence electrons. The summed E-state index contributed by atoms with van der Waals surface area (Å²) in [4.78, 5) is 4.39. The Hall–Kier alpha value is -1.84. The predicted molar refractivity (Wildman–Crippen MR) is 66.6 cm³/mol. The van der Waals surface area contributed by atoms with Crippen LogP contribution in [-0.4, -0.2) is 15.2 Å². The first kappa shape index (κ1) is 10.3. The lowest BCUT2D eigenvalue weighted by Crippen LogP contribution is -2.36. The third kappa shape index (κ3) is 1.52. The average molecular weight is 228 g/mol. The highest BCUT2D eigenvalue weighted by Gasteiger charge is 2.42. The molecule has 0 spiro atoms. The van der Waals surface area contributed by atoms with E-state index in [9.17, 15) is 0 Å². The molecular formula is C13H16N4. The van der Waals surface area contributed by atoms with Crippen LogP contribution < -0.4 is 5.73 Å². The Kier molecular flexibility index (Phi) is 2.18. The van der Waals surface area contributed by atoms with Crippen LogP contribution in [0, 0.1) is 6.92 Å². The largest absolute Gasteiger partial charge is 0.382 e. The lowest BCUT2D eigenvalue weighted by Gasteiger charge is -2.41. The topological polar surface area (TPSA) is 67.6 Å². The first-order valence-corrected chi connectivity index (χ1v) is 5.95. The second-order valence-electron chi connectivity index (χ2n) is 4.83. The highest BCUT2D eigenvalue weighted by Crippen LogP contribution is 2.48. The quantitative estimate of drug-likeness (QED) is 0.827. The van der Waals surface area contributed by atoms with Gasteiger partial charge >= 0.3 is 0 Å². The number of nitrogens with zero attached hydrogens (tertiary/aromatic N) is 2. The maximum absolute atomic E-state index is 5.70. The zero-order valence-corrected chi connectivity index (χ0v) is 9.90. The lowest BCUT2D eigenvalue weighted by atomic mass is 9.63. The van der Waals surface area contributed by atoms with Gasteiger partial charge in [0, 0.05) is 29.1 Å². The molecule has 2 aromatic rings. The first-order valence-electron chi connectivity index (χ1n) is 5.95. The van der Waals surface area contributed by atoms with Gasteiger partial charge in [-0.1, -0.05) is 12.5 Å². The Morgan fingerprint density at radius 2 is 2.18 bits per heavy atom. The number of H-pyrrole nitrogens is 1. The molecule has 1 fully saturated rings. The number of hydrogen-bond donors (Lipinski definition) is 2. The van der Waals surface area contributed by atoms with Gasteiger partial charge in [0.05, 0.1) is 0 Å². The Morgan fingerprint density at radius 3 is 2.65 bits per heavy atom. The van der Waals surface area contributed by atoms with Crippen molar-refractivity contribution in [2.45, 2.75) is 31.6 Å². The molecule has 1 aliphatic carbocycles. The molecule has 0 unspecified atom stereocenters. The van der Waals surface area contributed by atoms with E-state index in [1.807, 2.05) is 19.2 Å². The fourth-order valence-corrected chi connectivity index (χ4v) is 2.58. The molecule has 2 aromatic heterocycles. The summed E-state index contributed by atoms with van der Waals surface area (Å²) in [7, 11) is 0. The van der Waals surface area contributed by atoms with Crippen LogP contribution in [-0.2, 0) is 5.41 Å². The van der Waals surface area contributed by atoms with Crippen LogP contribution in [0.1, 0.15) is 36.2 Å². The van der Waals surface area contributed by atoms with Gasteiger partial charge in [0.25, 0.3) is 0 Å². The number of nitrogen functional groups attached to an aromatic ring is 1. The molecule has 3 rings (SSSR count). The van der Waals surface area contributed by atoms with Gasteiger partial charge in [-0.05, 0) is 31.4 Å². The smallest absolute Gasteiger partial charge is 0.145 e. The highest BCUT2D eigenvalue weighted by molar-refractivity contribution is 5.42. The lowest BCUT2D eigenvalue weighted by molar-refractivity contribution is 0.292. The summed E-state index contributed by atoms with van der Waals surface area (Å²) in [5.74, 6) is 0.561. The molecule has 0 bridgehead atoms. The van der Waals surface area contributed by atoms with Crippen LogP contribution in [0.15, 0.2) is 24.4 Å². The van der Waals surface area contributed by atoms with Crippen molar-refractivity contribution in [3.63, 3.8) is 0 Å². The number of rotatable bonds is 2. The summed E-state index contributed by atoms with van der Waals surface area (Å²) < 4.78 is 0. The van der Waals surface area contributed by atoms with Crippen molar-refractivity contribution in [2.75, 3.05) is 5.73 Å². The Morgan fingerprint density at radius 1 is 1.35 bits per heavy atom. The molecule has 2 heterocycles. The van der Waals surface area contributed by atoms with Crippen molar-refractivity contribution in [3.8, 4) is 0 Å². The third-order valence-corrected chi connectivity index (χ3v) is 3.78. The van der Waals surface area contributed by atoms with Crippen LogP contribution in [0.4, 0.5) is 5.82 Å². The Bertz CT molecular complexity index is 523. The maximum Gasteiger partial charge on any atom is 0.145 e. The van der Waals surface area contributed by atoms with Crippen LogP contribution in [0.2, 0.25) is 0 Å². The minimum atomic E-state index is 0.0608. The van der Waals surface area contributed by atoms with Crippen molar-refractivity contribution >= 4 is 5.82 Å². The van der Waals surface area contributed by atoms with E-state index in [1.54, 1.807) is 0 Å². The van der Waals surface area contributed by atoms with Gasteiger partial charge in [-0.25, -0.2) is 0 Å². The standard InChI is InChI=1S/C13H16N4/c1-9-3-4-10(8-15-9)13(5-2-6-13)11-7-12(14)17-16-11/h3-4,7-8H,2,5-6H2,1H3,(H3,14,16,17). The molecule has 3 N–H and O–H groups in total. The monoisotopic (exact) mass is 228 g/mol. The van der Waals surface area contributed by atoms with Crippen LogP contribution >= 0.6 is 0 Å². The molecule has 0 atom stereocenters. The third-order valence-electron chi connectivity index (χ3n) is 3.78. The fraction of sp³-hybridized carbons (Fsp3) is 0.385. The van der Waals surface area contributed by atoms with Crippen molar-refractivity contribution < 1.29 is 0 Å². The molecule has 0 amide bonds. The van der Waals surface area contributed by atoms with Crippen LogP contribution in [0.3, 0.4) is 0 Å². The van der Waals surface area contributed by atoms with E-state index in [0.717, 1.165) is 24.2 Å². The second-order valence-corrected chi connectivity index (χ2v) is 4.83. The second kappa shape index (κ2) is 3.58. The maximum atomic E-state index is 5.70. The Balaban J connectivity index is 2.05. The molecule has 1 aliphatic rings. The summed E-state index contributed by atoms with van der Waals surface area (Å²) in [6, 6.07) is 6.17. The molecule has 1 saturated carbocycles. The molecule has 0 aliphatic heterocycles. The summed E-state index contributed by atoms with van der Waals surface area (Å²) in [5.41, 5.74) is 9.19. The average Bonchev–Trinajstić information content (AvgIpc) is 2.67. The number of nitrogens with one attached hydrogen (secondary N) is 1. The van der Waals surface area contributed by atoms with Gasteiger partial charge in [-0.15, -0.1) is 0 Å². The summed E-state index contributed by atoms with van der Waals surface area (Å²) in [6.07, 6.45) is 5.50. The number of nitrogens with two attached hydrogens (primary N) is 1. The van der Waals surface area contributed by atoms with E-state index in [2.05, 4.69) is 27.3 Å². The Labute approximate surface area is 100 Å². The molecule has 4 heteroatoms. The van der Waals surface area contributed by atoms with Gasteiger partial charge in [0.2, 0.25) is 0 Å². The van der Waals surface area contributed by atoms with Gasteiger partial charge in [-0.3, -0.25) is 10.1 Å². The SMILES string of the molecule is Cc1ccc(C2(c3cc(N)n[nH]3)CCC2)cn1. The first-order chi connectivity index (χ1) is 8.21. The minimum absolute atomic E-state index is 0.0608. The number of aromatic nitrogens is 3. The van der Waals surface area contributed by atoms with E-state index < -0.39 is 0 Å². The number of aromatic amines is 1. The zero-order valence-electron chi connectivity index (χ0n) is 9.90. The van der Waals surface area contributed by atoms with Gasteiger partial charge in [0.1, 0.15) is 5.82 Å². The predicted octanol–water partition coefficient (Wildman–Crippen LogP) is 2.17. The van der Waals surface area contributed by atoms with E-state index >= 15 is 0 Å². The van der Waals surface area contributed by atoms with Crippen LogP contribution in [0.25, 0.3) is 0 Å². The van der Waals surface area contributed by atoms with Crippen molar-refractivity contribution in [1.82, 2.24) is 15.2 Å². The number of hydrogen-bond acceptors (Lipinski definition) is 3. The highest BCUT2D eigenvalue weighted by atomic mass is 15.2. The van der Waals surface area contributed by atoms with E-state index in [-0.39, 0.29) is 5.41 Å². The van der Waals surface area contributed by atoms with Crippen LogP contribution in [0.5, 0.6) is 0 Å². The summed E-state index contributed by atoms with van der Waals surface area (Å²) in [5, 5.41) is 7.10. The summed E-state index contributed by atoms with van der Waals surface area (Å²) in [6.45, 7) is 2.01. The number of pyridine rings is 1. The van der Waals surface area contributed by atoms with E-state index in [0.29, 0.717) is 5.82 Å². The fourth-order valence-electron chi connectivity index (χ4n) is 2.58. The molecule has 0 aromatic carbocycles. The number of aryl methyl sites for hydroxylation is 1. The van der Waals surface area contributed by atoms with Crippen molar-refractivity contribution in [2.24, 2.45) is 0 Å². The van der Waals surface area contributed by atoms with E-state index in [4.69, 9.17) is 5.73 Å². The molecular weight excluding hydrogens is 212 g/mol.